The van der Waals surface area contributed by atoms with Gasteiger partial charge in [0.25, 0.3) is 5.56 Å². The smallest absolute Gasteiger partial charge is 0.372 e. The molecular formula is C19H19F3N4O2. The Morgan fingerprint density at radius 2 is 2.00 bits per heavy atom. The van der Waals surface area contributed by atoms with Crippen molar-refractivity contribution < 1.29 is 17.9 Å². The number of fused-ring (bicyclic) bond motifs is 1. The zero-order valence-corrected chi connectivity index (χ0v) is 15.4. The first-order valence-corrected chi connectivity index (χ1v) is 9.03. The third-order valence-corrected chi connectivity index (χ3v) is 5.03. The molecule has 1 aliphatic heterocycles. The van der Waals surface area contributed by atoms with Gasteiger partial charge in [-0.2, -0.15) is 18.3 Å². The Morgan fingerprint density at radius 1 is 1.29 bits per heavy atom. The van der Waals surface area contributed by atoms with Crippen LogP contribution in [-0.2, 0) is 10.9 Å². The van der Waals surface area contributed by atoms with Crippen molar-refractivity contribution in [2.45, 2.75) is 45.0 Å². The third-order valence-electron chi connectivity index (χ3n) is 5.03. The van der Waals surface area contributed by atoms with Crippen LogP contribution in [0.5, 0.6) is 0 Å². The van der Waals surface area contributed by atoms with Crippen LogP contribution in [0.2, 0.25) is 0 Å². The van der Waals surface area contributed by atoms with Crippen molar-refractivity contribution in [2.24, 2.45) is 0 Å². The van der Waals surface area contributed by atoms with Crippen LogP contribution in [0.25, 0.3) is 11.0 Å². The van der Waals surface area contributed by atoms with E-state index in [1.54, 1.807) is 11.6 Å². The van der Waals surface area contributed by atoms with E-state index >= 15 is 0 Å². The highest BCUT2D eigenvalue weighted by Gasteiger charge is 2.31. The summed E-state index contributed by atoms with van der Waals surface area (Å²) in [7, 11) is 0. The van der Waals surface area contributed by atoms with Crippen LogP contribution in [0.3, 0.4) is 0 Å². The molecule has 1 aromatic carbocycles. The van der Waals surface area contributed by atoms with E-state index in [2.05, 4.69) is 15.1 Å². The number of H-pyrrole nitrogens is 1. The van der Waals surface area contributed by atoms with Gasteiger partial charge >= 0.3 is 6.18 Å². The number of rotatable bonds is 3. The van der Waals surface area contributed by atoms with Gasteiger partial charge in [-0.05, 0) is 44.4 Å². The summed E-state index contributed by atoms with van der Waals surface area (Å²) in [6, 6.07) is 4.53. The highest BCUT2D eigenvalue weighted by Crippen LogP contribution is 2.34. The number of aryl methyl sites for hydroxylation is 1. The molecule has 148 valence electrons. The number of halogens is 3. The minimum absolute atomic E-state index is 0.283. The highest BCUT2D eigenvalue weighted by molar-refractivity contribution is 5.78. The molecule has 2 aromatic heterocycles. The number of hydrogen-bond acceptors (Lipinski definition) is 4. The molecule has 1 aliphatic rings. The van der Waals surface area contributed by atoms with Crippen molar-refractivity contribution in [3.05, 3.63) is 57.3 Å². The van der Waals surface area contributed by atoms with Gasteiger partial charge in [0.15, 0.2) is 5.65 Å². The molecule has 3 heterocycles. The molecule has 0 radical (unpaired) electrons. The molecule has 4 rings (SSSR count). The maximum absolute atomic E-state index is 12.8. The predicted molar refractivity (Wildman–Crippen MR) is 96.1 cm³/mol. The summed E-state index contributed by atoms with van der Waals surface area (Å²) in [5.74, 6) is 0.442. The van der Waals surface area contributed by atoms with E-state index < -0.39 is 17.8 Å². The van der Waals surface area contributed by atoms with Crippen LogP contribution in [0.4, 0.5) is 13.2 Å². The van der Waals surface area contributed by atoms with Gasteiger partial charge in [-0.1, -0.05) is 12.1 Å². The van der Waals surface area contributed by atoms with E-state index in [9.17, 15) is 18.0 Å². The Morgan fingerprint density at radius 3 is 2.61 bits per heavy atom. The summed E-state index contributed by atoms with van der Waals surface area (Å²) in [4.78, 5) is 19.7. The third kappa shape index (κ3) is 3.19. The number of benzene rings is 1. The monoisotopic (exact) mass is 392 g/mol. The first-order chi connectivity index (χ1) is 13.3. The summed E-state index contributed by atoms with van der Waals surface area (Å²) in [5, 5.41) is 4.98. The highest BCUT2D eigenvalue weighted by atomic mass is 19.4. The SMILES string of the molecule is Cc1nc2c(c(C3CCCO3)nn2C(C)c2ccc(C(F)(F)F)cc2)c(=O)[nH]1. The number of hydrogen-bond donors (Lipinski definition) is 1. The van der Waals surface area contributed by atoms with Crippen LogP contribution >= 0.6 is 0 Å². The van der Waals surface area contributed by atoms with Gasteiger partial charge in [0.2, 0.25) is 0 Å². The summed E-state index contributed by atoms with van der Waals surface area (Å²) in [5.41, 5.74) is 0.563. The van der Waals surface area contributed by atoms with E-state index in [0.29, 0.717) is 34.7 Å². The van der Waals surface area contributed by atoms with E-state index in [-0.39, 0.29) is 11.7 Å². The molecule has 9 heteroatoms. The maximum atomic E-state index is 12.8. The predicted octanol–water partition coefficient (Wildman–Crippen LogP) is 3.91. The van der Waals surface area contributed by atoms with Gasteiger partial charge in [-0.25, -0.2) is 9.67 Å². The molecule has 0 saturated carbocycles. The second kappa shape index (κ2) is 6.73. The average Bonchev–Trinajstić information content (AvgIpc) is 3.28. The van der Waals surface area contributed by atoms with Gasteiger partial charge in [0.1, 0.15) is 23.0 Å². The second-order valence-corrected chi connectivity index (χ2v) is 6.98. The van der Waals surface area contributed by atoms with Crippen molar-refractivity contribution in [2.75, 3.05) is 6.61 Å². The lowest BCUT2D eigenvalue weighted by Gasteiger charge is -2.15. The molecule has 1 saturated heterocycles. The van der Waals surface area contributed by atoms with Crippen LogP contribution in [0.15, 0.2) is 29.1 Å². The summed E-state index contributed by atoms with van der Waals surface area (Å²) < 4.78 is 45.8. The largest absolute Gasteiger partial charge is 0.416 e. The zero-order valence-electron chi connectivity index (χ0n) is 15.4. The fraction of sp³-hybridized carbons (Fsp3) is 0.421. The van der Waals surface area contributed by atoms with Crippen molar-refractivity contribution in [1.82, 2.24) is 19.7 Å². The normalized spacial score (nSPS) is 18.7. The lowest BCUT2D eigenvalue weighted by molar-refractivity contribution is -0.137. The Kier molecular flexibility index (Phi) is 4.49. The molecule has 1 fully saturated rings. The summed E-state index contributed by atoms with van der Waals surface area (Å²) in [6.45, 7) is 4.09. The van der Waals surface area contributed by atoms with Crippen LogP contribution in [-0.4, -0.2) is 26.4 Å². The molecule has 1 N–H and O–H groups in total. The summed E-state index contributed by atoms with van der Waals surface area (Å²) >= 11 is 0. The minimum Gasteiger partial charge on any atom is -0.372 e. The molecular weight excluding hydrogens is 373 g/mol. The van der Waals surface area contributed by atoms with Crippen LogP contribution in [0.1, 0.15) is 54.6 Å². The molecule has 3 aromatic rings. The zero-order chi connectivity index (χ0) is 20.1. The Bertz CT molecular complexity index is 1060. The van der Waals surface area contributed by atoms with Gasteiger partial charge in [0, 0.05) is 6.61 Å². The minimum atomic E-state index is -4.39. The Hall–Kier alpha value is -2.68. The van der Waals surface area contributed by atoms with E-state index in [4.69, 9.17) is 4.74 Å². The molecule has 2 atom stereocenters. The second-order valence-electron chi connectivity index (χ2n) is 6.98. The fourth-order valence-electron chi connectivity index (χ4n) is 3.56. The number of aromatic amines is 1. The van der Waals surface area contributed by atoms with Crippen molar-refractivity contribution in [3.63, 3.8) is 0 Å². The van der Waals surface area contributed by atoms with Gasteiger partial charge in [-0.15, -0.1) is 0 Å². The van der Waals surface area contributed by atoms with Gasteiger partial charge in [0.05, 0.1) is 11.6 Å². The van der Waals surface area contributed by atoms with Crippen molar-refractivity contribution >= 4 is 11.0 Å². The Labute approximate surface area is 158 Å². The molecule has 2 unspecified atom stereocenters. The molecule has 0 bridgehead atoms. The standard InChI is InChI=1S/C19H19F3N4O2/c1-10(12-5-7-13(8-6-12)19(20,21)22)26-17-15(18(27)24-11(2)23-17)16(25-26)14-4-3-9-28-14/h5-8,10,14H,3-4,9H2,1-2H3,(H,23,24,27). The molecule has 6 nitrogen and oxygen atoms in total. The van der Waals surface area contributed by atoms with Crippen molar-refractivity contribution in [3.8, 4) is 0 Å². The van der Waals surface area contributed by atoms with E-state index in [0.717, 1.165) is 25.0 Å². The van der Waals surface area contributed by atoms with Crippen LogP contribution < -0.4 is 5.56 Å². The fourth-order valence-corrected chi connectivity index (χ4v) is 3.56. The quantitative estimate of drug-likeness (QED) is 0.734. The topological polar surface area (TPSA) is 72.8 Å². The van der Waals surface area contributed by atoms with Crippen molar-refractivity contribution in [1.29, 1.82) is 0 Å². The number of alkyl halides is 3. The first kappa shape index (κ1) is 18.7. The molecule has 0 amide bonds. The van der Waals surface area contributed by atoms with E-state index in [1.165, 1.54) is 12.1 Å². The number of aromatic nitrogens is 4. The van der Waals surface area contributed by atoms with Gasteiger partial charge in [-0.3, -0.25) is 4.79 Å². The van der Waals surface area contributed by atoms with Crippen LogP contribution in [0, 0.1) is 6.92 Å². The molecule has 0 spiro atoms. The maximum Gasteiger partial charge on any atom is 0.416 e. The van der Waals surface area contributed by atoms with E-state index in [1.807, 2.05) is 6.92 Å². The van der Waals surface area contributed by atoms with Gasteiger partial charge < -0.3 is 9.72 Å². The lowest BCUT2D eigenvalue weighted by Crippen LogP contribution is -2.13. The molecule has 28 heavy (non-hydrogen) atoms. The number of nitrogens with one attached hydrogen (secondary N) is 1. The molecule has 0 aliphatic carbocycles. The number of nitrogens with zero attached hydrogens (tertiary/aromatic N) is 3. The average molecular weight is 392 g/mol. The summed E-state index contributed by atoms with van der Waals surface area (Å²) in [6.07, 6.45) is -3.04. The Balaban J connectivity index is 1.82. The first-order valence-electron chi connectivity index (χ1n) is 9.03. The number of ether oxygens (including phenoxy) is 1. The lowest BCUT2D eigenvalue weighted by atomic mass is 10.1.